The van der Waals surface area contributed by atoms with Gasteiger partial charge in [-0.25, -0.2) is 4.39 Å². The van der Waals surface area contributed by atoms with Crippen LogP contribution in [0.3, 0.4) is 0 Å². The quantitative estimate of drug-likeness (QED) is 0.675. The second-order valence-electron chi connectivity index (χ2n) is 7.85. The number of rotatable bonds is 3. The van der Waals surface area contributed by atoms with Crippen LogP contribution in [0.2, 0.25) is 0 Å². The number of halogens is 1. The monoisotopic (exact) mass is 368 g/mol. The molecule has 28 heavy (non-hydrogen) atoms. The molecule has 1 heterocycles. The Kier molecular flexibility index (Phi) is 4.35. The molecule has 0 N–H and O–H groups in total. The zero-order chi connectivity index (χ0) is 19.1. The van der Waals surface area contributed by atoms with Gasteiger partial charge in [0.05, 0.1) is 0 Å². The number of hydrogen-bond donors (Lipinski definition) is 0. The fourth-order valence-electron chi connectivity index (χ4n) is 4.97. The van der Waals surface area contributed by atoms with Crippen LogP contribution in [0.5, 0.6) is 0 Å². The molecule has 1 nitrogen and oxygen atoms in total. The molecule has 0 bridgehead atoms. The van der Waals surface area contributed by atoms with Crippen molar-refractivity contribution in [2.24, 2.45) is 5.92 Å². The van der Waals surface area contributed by atoms with Crippen LogP contribution in [0, 0.1) is 29.1 Å². The molecule has 2 heteroatoms. The van der Waals surface area contributed by atoms with Crippen molar-refractivity contribution < 1.29 is 4.39 Å². The van der Waals surface area contributed by atoms with Gasteiger partial charge < -0.3 is 0 Å². The van der Waals surface area contributed by atoms with Gasteiger partial charge in [0.1, 0.15) is 5.82 Å². The first-order valence-electron chi connectivity index (χ1n) is 10.1. The minimum Gasteiger partial charge on any atom is -0.264 e. The van der Waals surface area contributed by atoms with E-state index in [1.54, 1.807) is 12.1 Å². The molecule has 0 saturated heterocycles. The molecule has 2 atom stereocenters. The van der Waals surface area contributed by atoms with E-state index in [9.17, 15) is 4.39 Å². The molecule has 2 aliphatic rings. The van der Waals surface area contributed by atoms with E-state index < -0.39 is 0 Å². The highest BCUT2D eigenvalue weighted by molar-refractivity contribution is 5.49. The highest BCUT2D eigenvalue weighted by atomic mass is 19.1. The molecule has 0 saturated carbocycles. The fraction of sp³-hybridized carbons (Fsp3) is 0.231. The molecule has 1 radical (unpaired) electrons. The van der Waals surface area contributed by atoms with Crippen molar-refractivity contribution in [3.05, 3.63) is 105 Å². The van der Waals surface area contributed by atoms with Crippen molar-refractivity contribution >= 4 is 12.2 Å². The van der Waals surface area contributed by atoms with Gasteiger partial charge >= 0.3 is 0 Å². The highest BCUT2D eigenvalue weighted by Crippen LogP contribution is 2.34. The SMILES string of the molecule is [CH2]CC(c1cccnc1)C1C=c2ccc3c(c2CC1)CC=c1cc(F)ccc1=3. The zero-order valence-electron chi connectivity index (χ0n) is 15.9. The van der Waals surface area contributed by atoms with E-state index in [4.69, 9.17) is 0 Å². The van der Waals surface area contributed by atoms with Crippen molar-refractivity contribution in [2.45, 2.75) is 31.6 Å². The first kappa shape index (κ1) is 17.4. The lowest BCUT2D eigenvalue weighted by Gasteiger charge is -2.28. The number of nitrogens with zero attached hydrogens (tertiary/aromatic N) is 1. The number of aromatic nitrogens is 1. The molecule has 139 valence electrons. The topological polar surface area (TPSA) is 12.9 Å². The second kappa shape index (κ2) is 7.01. The molecule has 0 aliphatic heterocycles. The Morgan fingerprint density at radius 2 is 1.96 bits per heavy atom. The van der Waals surface area contributed by atoms with Crippen LogP contribution < -0.4 is 10.4 Å². The van der Waals surface area contributed by atoms with Crippen LogP contribution in [0.1, 0.15) is 35.4 Å². The third kappa shape index (κ3) is 2.88. The summed E-state index contributed by atoms with van der Waals surface area (Å²) in [5.74, 6) is 0.733. The molecule has 3 aromatic rings. The first-order chi connectivity index (χ1) is 13.7. The third-order valence-corrected chi connectivity index (χ3v) is 6.36. The lowest BCUT2D eigenvalue weighted by atomic mass is 9.76. The maximum Gasteiger partial charge on any atom is 0.123 e. The number of hydrogen-bond acceptors (Lipinski definition) is 1. The van der Waals surface area contributed by atoms with E-state index in [0.717, 1.165) is 36.1 Å². The molecule has 1 aromatic heterocycles. The molecule has 5 rings (SSSR count). The van der Waals surface area contributed by atoms with Gasteiger partial charge in [0.15, 0.2) is 0 Å². The predicted molar refractivity (Wildman–Crippen MR) is 111 cm³/mol. The standard InChI is InChI=1S/C26H23FN/c1-2-22(20-4-3-13-28-16-20)17-5-9-23-18(14-17)6-10-26-24-12-8-21(27)15-19(24)7-11-25(23)26/h3-4,6-8,10,12-17,22H,1-2,5,9,11H2. The van der Waals surface area contributed by atoms with Crippen LogP contribution in [-0.4, -0.2) is 4.98 Å². The lowest BCUT2D eigenvalue weighted by Crippen LogP contribution is -2.25. The van der Waals surface area contributed by atoms with E-state index in [0.29, 0.717) is 11.8 Å². The van der Waals surface area contributed by atoms with Gasteiger partial charge in [0.25, 0.3) is 0 Å². The second-order valence-corrected chi connectivity index (χ2v) is 7.85. The maximum absolute atomic E-state index is 13.6. The Morgan fingerprint density at radius 1 is 1.07 bits per heavy atom. The van der Waals surface area contributed by atoms with Crippen LogP contribution in [0.4, 0.5) is 4.39 Å². The zero-order valence-corrected chi connectivity index (χ0v) is 15.9. The smallest absolute Gasteiger partial charge is 0.123 e. The summed E-state index contributed by atoms with van der Waals surface area (Å²) >= 11 is 0. The largest absolute Gasteiger partial charge is 0.264 e. The summed E-state index contributed by atoms with van der Waals surface area (Å²) in [6.45, 7) is 4.21. The van der Waals surface area contributed by atoms with Crippen molar-refractivity contribution in [3.8, 4) is 0 Å². The lowest BCUT2D eigenvalue weighted by molar-refractivity contribution is 0.488. The van der Waals surface area contributed by atoms with Gasteiger partial charge in [-0.05, 0) is 93.3 Å². The molecule has 0 spiro atoms. The minimum atomic E-state index is -0.165. The number of benzene rings is 2. The number of pyridine rings is 1. The van der Waals surface area contributed by atoms with Crippen LogP contribution in [0.15, 0.2) is 54.9 Å². The maximum atomic E-state index is 13.6. The highest BCUT2D eigenvalue weighted by Gasteiger charge is 2.24. The normalized spacial score (nSPS) is 18.1. The molecular formula is C26H23FN. The molecule has 0 amide bonds. The van der Waals surface area contributed by atoms with Crippen LogP contribution in [0.25, 0.3) is 12.2 Å². The summed E-state index contributed by atoms with van der Waals surface area (Å²) in [7, 11) is 0. The van der Waals surface area contributed by atoms with Crippen molar-refractivity contribution in [3.63, 3.8) is 0 Å². The Balaban J connectivity index is 1.64. The summed E-state index contributed by atoms with van der Waals surface area (Å²) in [6, 6.07) is 13.8. The van der Waals surface area contributed by atoms with Crippen molar-refractivity contribution in [1.29, 1.82) is 0 Å². The average Bonchev–Trinajstić information content (AvgIpc) is 2.74. The molecule has 0 fully saturated rings. The Labute approximate surface area is 164 Å². The Bertz CT molecular complexity index is 1240. The molecule has 2 aromatic carbocycles. The van der Waals surface area contributed by atoms with Gasteiger partial charge in [0.2, 0.25) is 0 Å². The summed E-state index contributed by atoms with van der Waals surface area (Å²) in [4.78, 5) is 4.31. The van der Waals surface area contributed by atoms with Gasteiger partial charge in [-0.3, -0.25) is 4.98 Å². The van der Waals surface area contributed by atoms with Gasteiger partial charge in [0, 0.05) is 12.4 Å². The predicted octanol–water partition coefficient (Wildman–Crippen LogP) is 4.20. The van der Waals surface area contributed by atoms with E-state index in [2.05, 4.69) is 42.3 Å². The molecule has 2 unspecified atom stereocenters. The minimum absolute atomic E-state index is 0.165. The van der Waals surface area contributed by atoms with E-state index >= 15 is 0 Å². The third-order valence-electron chi connectivity index (χ3n) is 6.36. The average molecular weight is 368 g/mol. The van der Waals surface area contributed by atoms with Gasteiger partial charge in [-0.15, -0.1) is 0 Å². The van der Waals surface area contributed by atoms with E-state index in [1.165, 1.54) is 27.1 Å². The number of fused-ring (bicyclic) bond motifs is 4. The van der Waals surface area contributed by atoms with Crippen molar-refractivity contribution in [1.82, 2.24) is 4.98 Å². The van der Waals surface area contributed by atoms with E-state index in [1.807, 2.05) is 24.5 Å². The van der Waals surface area contributed by atoms with Gasteiger partial charge in [-0.1, -0.05) is 43.3 Å². The fourth-order valence-corrected chi connectivity index (χ4v) is 4.97. The van der Waals surface area contributed by atoms with Crippen LogP contribution >= 0.6 is 0 Å². The van der Waals surface area contributed by atoms with E-state index in [-0.39, 0.29) is 5.82 Å². The summed E-state index contributed by atoms with van der Waals surface area (Å²) < 4.78 is 13.6. The summed E-state index contributed by atoms with van der Waals surface area (Å²) in [5, 5.41) is 4.79. The first-order valence-corrected chi connectivity index (χ1v) is 10.1. The summed E-state index contributed by atoms with van der Waals surface area (Å²) in [6.07, 6.45) is 12.4. The summed E-state index contributed by atoms with van der Waals surface area (Å²) in [5.41, 5.74) is 4.16. The Hall–Kier alpha value is -2.74. The van der Waals surface area contributed by atoms with Crippen LogP contribution in [-0.2, 0) is 12.8 Å². The Morgan fingerprint density at radius 3 is 2.79 bits per heavy atom. The molecular weight excluding hydrogens is 345 g/mol. The van der Waals surface area contributed by atoms with Crippen molar-refractivity contribution in [2.75, 3.05) is 0 Å². The molecule has 2 aliphatic carbocycles. The van der Waals surface area contributed by atoms with Gasteiger partial charge in [-0.2, -0.15) is 0 Å².